The van der Waals surface area contributed by atoms with Gasteiger partial charge in [0.05, 0.1) is 5.92 Å². The molecule has 0 bridgehead atoms. The maximum atomic E-state index is 12.6. The summed E-state index contributed by atoms with van der Waals surface area (Å²) < 4.78 is 5.53. The van der Waals surface area contributed by atoms with E-state index in [4.69, 9.17) is 9.84 Å². The highest BCUT2D eigenvalue weighted by Crippen LogP contribution is 2.44. The molecule has 170 valence electrons. The van der Waals surface area contributed by atoms with Crippen molar-refractivity contribution in [2.75, 3.05) is 6.61 Å². The number of amides is 2. The zero-order chi connectivity index (χ0) is 23.3. The van der Waals surface area contributed by atoms with Gasteiger partial charge in [0.15, 0.2) is 0 Å². The summed E-state index contributed by atoms with van der Waals surface area (Å²) in [6.45, 7) is 5.23. The van der Waals surface area contributed by atoms with Crippen molar-refractivity contribution in [3.63, 3.8) is 0 Å². The monoisotopic (exact) mass is 438 g/mol. The third-order valence-corrected chi connectivity index (χ3v) is 6.04. The summed E-state index contributed by atoms with van der Waals surface area (Å²) in [5, 5.41) is 14.5. The molecule has 7 nitrogen and oxygen atoms in total. The minimum Gasteiger partial charge on any atom is -0.481 e. The first-order chi connectivity index (χ1) is 15.3. The summed E-state index contributed by atoms with van der Waals surface area (Å²) >= 11 is 0. The van der Waals surface area contributed by atoms with E-state index in [1.807, 2.05) is 43.3 Å². The van der Waals surface area contributed by atoms with E-state index in [9.17, 15) is 14.4 Å². The van der Waals surface area contributed by atoms with Gasteiger partial charge in [0.25, 0.3) is 0 Å². The third-order valence-electron chi connectivity index (χ3n) is 6.04. The van der Waals surface area contributed by atoms with E-state index in [0.29, 0.717) is 12.8 Å². The van der Waals surface area contributed by atoms with Crippen molar-refractivity contribution in [2.45, 2.75) is 51.6 Å². The summed E-state index contributed by atoms with van der Waals surface area (Å²) in [7, 11) is 0. The molecule has 3 rings (SSSR count). The molecule has 3 atom stereocenters. The molecule has 7 heteroatoms. The summed E-state index contributed by atoms with van der Waals surface area (Å²) in [5.74, 6) is -2.21. The van der Waals surface area contributed by atoms with Crippen molar-refractivity contribution in [2.24, 2.45) is 5.92 Å². The molecule has 2 unspecified atom stereocenters. The van der Waals surface area contributed by atoms with Gasteiger partial charge >= 0.3 is 12.1 Å². The Kier molecular flexibility index (Phi) is 7.51. The summed E-state index contributed by atoms with van der Waals surface area (Å²) in [6.07, 6.45) is 0.425. The Labute approximate surface area is 188 Å². The predicted molar refractivity (Wildman–Crippen MR) is 121 cm³/mol. The number of hydrogen-bond acceptors (Lipinski definition) is 4. The van der Waals surface area contributed by atoms with Crippen molar-refractivity contribution in [1.82, 2.24) is 10.6 Å². The standard InChI is InChI=1S/C25H30N2O5/c1-4-9-22(23(28)26-16(3)15(2)24(29)30)27-25(31)32-14-21-19-12-7-5-10-17(19)18-11-6-8-13-20(18)21/h5-8,10-13,15-16,21-22H,4,9,14H2,1-3H3,(H,26,28)(H,27,31)(H,29,30)/t15?,16?,22-/m1/s1. The van der Waals surface area contributed by atoms with Crippen LogP contribution in [0.1, 0.15) is 50.7 Å². The van der Waals surface area contributed by atoms with Crippen LogP contribution in [0.15, 0.2) is 48.5 Å². The van der Waals surface area contributed by atoms with Crippen LogP contribution in [0.5, 0.6) is 0 Å². The molecule has 0 radical (unpaired) electrons. The molecular weight excluding hydrogens is 408 g/mol. The van der Waals surface area contributed by atoms with E-state index < -0.39 is 36.0 Å². The molecule has 32 heavy (non-hydrogen) atoms. The van der Waals surface area contributed by atoms with Gasteiger partial charge in [0, 0.05) is 12.0 Å². The Morgan fingerprint density at radius 2 is 1.53 bits per heavy atom. The molecule has 2 aromatic carbocycles. The van der Waals surface area contributed by atoms with Gasteiger partial charge in [-0.15, -0.1) is 0 Å². The van der Waals surface area contributed by atoms with Crippen molar-refractivity contribution in [3.05, 3.63) is 59.7 Å². The number of rotatable bonds is 9. The van der Waals surface area contributed by atoms with Crippen LogP contribution in [0, 0.1) is 5.92 Å². The number of hydrogen-bond donors (Lipinski definition) is 3. The van der Waals surface area contributed by atoms with Crippen LogP contribution in [-0.2, 0) is 14.3 Å². The average Bonchev–Trinajstić information content (AvgIpc) is 3.10. The van der Waals surface area contributed by atoms with Gasteiger partial charge < -0.3 is 20.5 Å². The van der Waals surface area contributed by atoms with Crippen LogP contribution in [0.4, 0.5) is 4.79 Å². The Morgan fingerprint density at radius 3 is 2.06 bits per heavy atom. The first-order valence-electron chi connectivity index (χ1n) is 11.0. The molecular formula is C25H30N2O5. The molecule has 1 aliphatic rings. The van der Waals surface area contributed by atoms with Gasteiger partial charge in [-0.25, -0.2) is 4.79 Å². The molecule has 0 spiro atoms. The van der Waals surface area contributed by atoms with E-state index in [-0.39, 0.29) is 12.5 Å². The number of alkyl carbamates (subject to hydrolysis) is 1. The first-order valence-corrected chi connectivity index (χ1v) is 11.0. The zero-order valence-electron chi connectivity index (χ0n) is 18.6. The lowest BCUT2D eigenvalue weighted by Crippen LogP contribution is -2.51. The molecule has 0 aliphatic heterocycles. The molecule has 0 saturated carbocycles. The van der Waals surface area contributed by atoms with E-state index in [1.54, 1.807) is 6.92 Å². The largest absolute Gasteiger partial charge is 0.481 e. The number of carbonyl (C=O) groups is 3. The van der Waals surface area contributed by atoms with Gasteiger partial charge in [0.2, 0.25) is 5.91 Å². The summed E-state index contributed by atoms with van der Waals surface area (Å²) in [6, 6.07) is 14.8. The topological polar surface area (TPSA) is 105 Å². The fourth-order valence-electron chi connectivity index (χ4n) is 4.00. The lowest BCUT2D eigenvalue weighted by Gasteiger charge is -2.23. The van der Waals surface area contributed by atoms with Crippen LogP contribution in [0.25, 0.3) is 11.1 Å². The Hall–Kier alpha value is -3.35. The molecule has 1 aliphatic carbocycles. The fraction of sp³-hybridized carbons (Fsp3) is 0.400. The number of benzene rings is 2. The number of ether oxygens (including phenoxy) is 1. The van der Waals surface area contributed by atoms with Crippen LogP contribution in [0.2, 0.25) is 0 Å². The van der Waals surface area contributed by atoms with Crippen molar-refractivity contribution < 1.29 is 24.2 Å². The maximum absolute atomic E-state index is 12.6. The summed E-state index contributed by atoms with van der Waals surface area (Å²) in [5.41, 5.74) is 4.51. The van der Waals surface area contributed by atoms with Crippen LogP contribution in [-0.4, -0.2) is 41.8 Å². The number of fused-ring (bicyclic) bond motifs is 3. The smallest absolute Gasteiger partial charge is 0.407 e. The molecule has 0 fully saturated rings. The Morgan fingerprint density at radius 1 is 0.969 bits per heavy atom. The minimum absolute atomic E-state index is 0.0666. The molecule has 2 aromatic rings. The van der Waals surface area contributed by atoms with Gasteiger partial charge in [-0.2, -0.15) is 0 Å². The van der Waals surface area contributed by atoms with E-state index in [2.05, 4.69) is 22.8 Å². The highest BCUT2D eigenvalue weighted by molar-refractivity contribution is 5.86. The quantitative estimate of drug-likeness (QED) is 0.550. The van der Waals surface area contributed by atoms with Crippen LogP contribution in [0.3, 0.4) is 0 Å². The highest BCUT2D eigenvalue weighted by Gasteiger charge is 2.30. The van der Waals surface area contributed by atoms with Crippen molar-refractivity contribution >= 4 is 18.0 Å². The number of carboxylic acid groups (broad SMARTS) is 1. The van der Waals surface area contributed by atoms with Gasteiger partial charge in [-0.3, -0.25) is 9.59 Å². The average molecular weight is 439 g/mol. The van der Waals surface area contributed by atoms with E-state index >= 15 is 0 Å². The molecule has 0 heterocycles. The molecule has 0 saturated heterocycles. The van der Waals surface area contributed by atoms with Crippen molar-refractivity contribution in [3.8, 4) is 11.1 Å². The van der Waals surface area contributed by atoms with Crippen molar-refractivity contribution in [1.29, 1.82) is 0 Å². The number of aliphatic carboxylic acids is 1. The molecule has 3 N–H and O–H groups in total. The van der Waals surface area contributed by atoms with E-state index in [1.165, 1.54) is 6.92 Å². The lowest BCUT2D eigenvalue weighted by atomic mass is 9.98. The Bertz CT molecular complexity index is 944. The van der Waals surface area contributed by atoms with Gasteiger partial charge in [-0.1, -0.05) is 61.9 Å². The minimum atomic E-state index is -0.991. The normalized spacial score (nSPS) is 15.1. The van der Waals surface area contributed by atoms with Gasteiger partial charge in [-0.05, 0) is 42.5 Å². The highest BCUT2D eigenvalue weighted by atomic mass is 16.5. The van der Waals surface area contributed by atoms with Crippen LogP contribution >= 0.6 is 0 Å². The maximum Gasteiger partial charge on any atom is 0.407 e. The summed E-state index contributed by atoms with van der Waals surface area (Å²) in [4.78, 5) is 36.3. The number of carboxylic acids is 1. The van der Waals surface area contributed by atoms with E-state index in [0.717, 1.165) is 22.3 Å². The Balaban J connectivity index is 1.63. The predicted octanol–water partition coefficient (Wildman–Crippen LogP) is 3.92. The fourth-order valence-corrected chi connectivity index (χ4v) is 4.00. The second kappa shape index (κ2) is 10.3. The second-order valence-electron chi connectivity index (χ2n) is 8.24. The molecule has 0 aromatic heterocycles. The SMILES string of the molecule is CCC[C@@H](NC(=O)OCC1c2ccccc2-c2ccccc21)C(=O)NC(C)C(C)C(=O)O. The van der Waals surface area contributed by atoms with Crippen LogP contribution < -0.4 is 10.6 Å². The van der Waals surface area contributed by atoms with Gasteiger partial charge in [0.1, 0.15) is 12.6 Å². The second-order valence-corrected chi connectivity index (χ2v) is 8.24. The third kappa shape index (κ3) is 5.10. The zero-order valence-corrected chi connectivity index (χ0v) is 18.6. The number of nitrogens with one attached hydrogen (secondary N) is 2. The molecule has 2 amide bonds. The lowest BCUT2D eigenvalue weighted by molar-refractivity contribution is -0.142. The number of carbonyl (C=O) groups excluding carboxylic acids is 2. The first kappa shape index (κ1) is 23.3.